The number of rotatable bonds is 2. The third kappa shape index (κ3) is 2.20. The van der Waals surface area contributed by atoms with Gasteiger partial charge in [0.1, 0.15) is 0 Å². The molecule has 3 heteroatoms. The lowest BCUT2D eigenvalue weighted by atomic mass is 10.4. The molecule has 0 spiro atoms. The summed E-state index contributed by atoms with van der Waals surface area (Å²) in [6, 6.07) is 2.14. The van der Waals surface area contributed by atoms with Gasteiger partial charge in [-0.25, -0.2) is 0 Å². The van der Waals surface area contributed by atoms with E-state index in [0.29, 0.717) is 11.7 Å². The summed E-state index contributed by atoms with van der Waals surface area (Å²) in [6.45, 7) is 3.11. The minimum absolute atomic E-state index is 0.540. The molecule has 0 aromatic heterocycles. The summed E-state index contributed by atoms with van der Waals surface area (Å²) in [5.41, 5.74) is 0. The van der Waals surface area contributed by atoms with E-state index in [-0.39, 0.29) is 0 Å². The van der Waals surface area contributed by atoms with Gasteiger partial charge in [0, 0.05) is 24.8 Å². The summed E-state index contributed by atoms with van der Waals surface area (Å²) in [4.78, 5) is 2.29. The van der Waals surface area contributed by atoms with Crippen molar-refractivity contribution in [1.29, 1.82) is 5.26 Å². The van der Waals surface area contributed by atoms with Crippen molar-refractivity contribution in [3.63, 3.8) is 0 Å². The molecule has 0 amide bonds. The lowest BCUT2D eigenvalue weighted by molar-refractivity contribution is 0.348. The summed E-state index contributed by atoms with van der Waals surface area (Å²) < 4.78 is 0. The average molecular weight is 156 g/mol. The van der Waals surface area contributed by atoms with E-state index in [2.05, 4.69) is 23.6 Å². The molecule has 1 aliphatic rings. The van der Waals surface area contributed by atoms with Crippen molar-refractivity contribution in [2.45, 2.75) is 18.1 Å². The molecule has 1 fully saturated rings. The standard InChI is InChI=1S/C7H12N2S/c8-3-1-4-9-5-2-7(10)6-9/h7,10H,1-2,4-6H2. The highest BCUT2D eigenvalue weighted by Gasteiger charge is 2.17. The second-order valence-corrected chi connectivity index (χ2v) is 3.38. The predicted octanol–water partition coefficient (Wildman–Crippen LogP) is 0.904. The quantitative estimate of drug-likeness (QED) is 0.601. The van der Waals surface area contributed by atoms with E-state index in [1.54, 1.807) is 0 Å². The summed E-state index contributed by atoms with van der Waals surface area (Å²) in [5, 5.41) is 8.84. The van der Waals surface area contributed by atoms with Crippen molar-refractivity contribution >= 4 is 12.6 Å². The number of thiol groups is 1. The highest BCUT2D eigenvalue weighted by molar-refractivity contribution is 7.81. The topological polar surface area (TPSA) is 27.0 Å². The van der Waals surface area contributed by atoms with Crippen LogP contribution in [-0.2, 0) is 0 Å². The smallest absolute Gasteiger partial charge is 0.0635 e. The molecular formula is C7H12N2S. The fourth-order valence-corrected chi connectivity index (χ4v) is 1.57. The van der Waals surface area contributed by atoms with Gasteiger partial charge in [0.05, 0.1) is 6.07 Å². The molecule has 1 aliphatic heterocycles. The van der Waals surface area contributed by atoms with Crippen LogP contribution >= 0.6 is 12.6 Å². The first-order valence-electron chi connectivity index (χ1n) is 3.60. The Kier molecular flexibility index (Phi) is 3.04. The van der Waals surface area contributed by atoms with Crippen molar-refractivity contribution in [2.24, 2.45) is 0 Å². The zero-order chi connectivity index (χ0) is 7.40. The van der Waals surface area contributed by atoms with Crippen molar-refractivity contribution in [3.05, 3.63) is 0 Å². The van der Waals surface area contributed by atoms with Gasteiger partial charge in [-0.1, -0.05) is 0 Å². The number of hydrogen-bond donors (Lipinski definition) is 1. The molecule has 1 heterocycles. The number of nitriles is 1. The Balaban J connectivity index is 2.14. The van der Waals surface area contributed by atoms with E-state index >= 15 is 0 Å². The number of likely N-dealkylation sites (tertiary alicyclic amines) is 1. The molecule has 1 unspecified atom stereocenters. The number of nitrogens with zero attached hydrogens (tertiary/aromatic N) is 2. The maximum atomic E-state index is 8.30. The van der Waals surface area contributed by atoms with Crippen LogP contribution < -0.4 is 0 Å². The van der Waals surface area contributed by atoms with Crippen molar-refractivity contribution in [1.82, 2.24) is 4.90 Å². The molecule has 0 bridgehead atoms. The Morgan fingerprint density at radius 2 is 2.50 bits per heavy atom. The third-order valence-electron chi connectivity index (χ3n) is 1.79. The van der Waals surface area contributed by atoms with Crippen molar-refractivity contribution in [2.75, 3.05) is 19.6 Å². The van der Waals surface area contributed by atoms with Crippen LogP contribution in [0.1, 0.15) is 12.8 Å². The number of hydrogen-bond acceptors (Lipinski definition) is 3. The summed E-state index contributed by atoms with van der Waals surface area (Å²) in [7, 11) is 0. The first-order valence-corrected chi connectivity index (χ1v) is 4.12. The molecule has 0 N–H and O–H groups in total. The predicted molar refractivity (Wildman–Crippen MR) is 44.1 cm³/mol. The average Bonchev–Trinajstić information content (AvgIpc) is 2.31. The fourth-order valence-electron chi connectivity index (χ4n) is 1.22. The van der Waals surface area contributed by atoms with Gasteiger partial charge in [0.15, 0.2) is 0 Å². The Morgan fingerprint density at radius 1 is 1.70 bits per heavy atom. The molecule has 1 atom stereocenters. The maximum absolute atomic E-state index is 8.30. The van der Waals surface area contributed by atoms with Crippen molar-refractivity contribution in [3.8, 4) is 6.07 Å². The zero-order valence-electron chi connectivity index (χ0n) is 5.95. The van der Waals surface area contributed by atoms with Gasteiger partial charge >= 0.3 is 0 Å². The highest BCUT2D eigenvalue weighted by Crippen LogP contribution is 2.13. The summed E-state index contributed by atoms with van der Waals surface area (Å²) in [5.74, 6) is 0. The molecule has 0 radical (unpaired) electrons. The van der Waals surface area contributed by atoms with Gasteiger partial charge in [-0.15, -0.1) is 0 Å². The summed E-state index contributed by atoms with van der Waals surface area (Å²) in [6.07, 6.45) is 1.83. The maximum Gasteiger partial charge on any atom is 0.0635 e. The van der Waals surface area contributed by atoms with Gasteiger partial charge in [-0.05, 0) is 13.0 Å². The van der Waals surface area contributed by atoms with Gasteiger partial charge in [-0.2, -0.15) is 17.9 Å². The largest absolute Gasteiger partial charge is 0.301 e. The fraction of sp³-hybridized carbons (Fsp3) is 0.857. The minimum Gasteiger partial charge on any atom is -0.301 e. The van der Waals surface area contributed by atoms with Crippen LogP contribution in [0.15, 0.2) is 0 Å². The van der Waals surface area contributed by atoms with Crippen LogP contribution in [0, 0.1) is 11.3 Å². The van der Waals surface area contributed by atoms with Crippen LogP contribution in [0.3, 0.4) is 0 Å². The van der Waals surface area contributed by atoms with E-state index in [1.807, 2.05) is 0 Å². The van der Waals surface area contributed by atoms with E-state index in [9.17, 15) is 0 Å². The Hall–Kier alpha value is -0.200. The minimum atomic E-state index is 0.540. The molecular weight excluding hydrogens is 144 g/mol. The van der Waals surface area contributed by atoms with Gasteiger partial charge in [0.25, 0.3) is 0 Å². The van der Waals surface area contributed by atoms with Gasteiger partial charge in [0.2, 0.25) is 0 Å². The lowest BCUT2D eigenvalue weighted by Gasteiger charge is -2.11. The van der Waals surface area contributed by atoms with E-state index in [0.717, 1.165) is 19.6 Å². The van der Waals surface area contributed by atoms with Crippen molar-refractivity contribution < 1.29 is 0 Å². The van der Waals surface area contributed by atoms with E-state index in [4.69, 9.17) is 5.26 Å². The zero-order valence-corrected chi connectivity index (χ0v) is 6.85. The second-order valence-electron chi connectivity index (χ2n) is 2.65. The Bertz CT molecular complexity index is 141. The monoisotopic (exact) mass is 156 g/mol. The normalized spacial score (nSPS) is 26.6. The lowest BCUT2D eigenvalue weighted by Crippen LogP contribution is -2.21. The van der Waals surface area contributed by atoms with Gasteiger partial charge < -0.3 is 4.90 Å². The molecule has 0 aromatic carbocycles. The molecule has 2 nitrogen and oxygen atoms in total. The molecule has 1 rings (SSSR count). The molecule has 0 aromatic rings. The third-order valence-corrected chi connectivity index (χ3v) is 2.21. The van der Waals surface area contributed by atoms with Crippen LogP contribution in [0.5, 0.6) is 0 Å². The van der Waals surface area contributed by atoms with Crippen LogP contribution in [-0.4, -0.2) is 29.8 Å². The van der Waals surface area contributed by atoms with Crippen LogP contribution in [0.4, 0.5) is 0 Å². The first kappa shape index (κ1) is 7.90. The Morgan fingerprint density at radius 3 is 3.00 bits per heavy atom. The van der Waals surface area contributed by atoms with Crippen LogP contribution in [0.2, 0.25) is 0 Å². The van der Waals surface area contributed by atoms with Crippen LogP contribution in [0.25, 0.3) is 0 Å². The first-order chi connectivity index (χ1) is 4.83. The van der Waals surface area contributed by atoms with E-state index in [1.165, 1.54) is 6.42 Å². The van der Waals surface area contributed by atoms with E-state index < -0.39 is 0 Å². The summed E-state index contributed by atoms with van der Waals surface area (Å²) >= 11 is 4.35. The SMILES string of the molecule is N#CCCN1CCC(S)C1. The molecule has 1 saturated heterocycles. The molecule has 10 heavy (non-hydrogen) atoms. The molecule has 0 saturated carbocycles. The second kappa shape index (κ2) is 3.85. The Labute approximate surface area is 67.2 Å². The molecule has 56 valence electrons. The highest BCUT2D eigenvalue weighted by atomic mass is 32.1. The molecule has 0 aliphatic carbocycles. The van der Waals surface area contributed by atoms with Gasteiger partial charge in [-0.3, -0.25) is 0 Å².